The fourth-order valence-corrected chi connectivity index (χ4v) is 5.18. The number of para-hydroxylation sites is 3. The predicted molar refractivity (Wildman–Crippen MR) is 132 cm³/mol. The lowest BCUT2D eigenvalue weighted by molar-refractivity contribution is -0.113. The van der Waals surface area contributed by atoms with E-state index in [1.807, 2.05) is 24.3 Å². The van der Waals surface area contributed by atoms with Crippen LogP contribution in [0.25, 0.3) is 0 Å². The van der Waals surface area contributed by atoms with E-state index >= 15 is 0 Å². The number of nitrogens with zero attached hydrogens (tertiary/aromatic N) is 2. The summed E-state index contributed by atoms with van der Waals surface area (Å²) >= 11 is 2.64. The van der Waals surface area contributed by atoms with Gasteiger partial charge in [0.1, 0.15) is 5.75 Å². The fourth-order valence-electron chi connectivity index (χ4n) is 3.62. The molecule has 2 aromatic carbocycles. The van der Waals surface area contributed by atoms with E-state index in [0.717, 1.165) is 31.4 Å². The van der Waals surface area contributed by atoms with Gasteiger partial charge in [-0.1, -0.05) is 60.2 Å². The number of anilines is 3. The topological polar surface area (TPSA) is 105 Å². The van der Waals surface area contributed by atoms with Crippen LogP contribution in [0.5, 0.6) is 5.75 Å². The van der Waals surface area contributed by atoms with Crippen LogP contribution in [0.2, 0.25) is 0 Å². The highest BCUT2D eigenvalue weighted by Crippen LogP contribution is 2.31. The number of rotatable bonds is 9. The van der Waals surface area contributed by atoms with E-state index in [0.29, 0.717) is 26.5 Å². The molecule has 1 saturated carbocycles. The van der Waals surface area contributed by atoms with Crippen LogP contribution in [-0.2, 0) is 4.79 Å². The minimum Gasteiger partial charge on any atom is -0.495 e. The fraction of sp³-hybridized carbons (Fsp3) is 0.304. The maximum Gasteiger partial charge on any atom is 0.253 e. The van der Waals surface area contributed by atoms with E-state index in [-0.39, 0.29) is 23.6 Å². The number of aromatic nitrogens is 2. The molecule has 4 rings (SSSR count). The molecule has 8 nitrogen and oxygen atoms in total. The summed E-state index contributed by atoms with van der Waals surface area (Å²) in [5, 5.41) is 18.0. The van der Waals surface area contributed by atoms with Gasteiger partial charge in [0.25, 0.3) is 5.91 Å². The molecule has 172 valence electrons. The lowest BCUT2D eigenvalue weighted by Gasteiger charge is -2.14. The lowest BCUT2D eigenvalue weighted by Crippen LogP contribution is -2.33. The minimum atomic E-state index is -0.212. The van der Waals surface area contributed by atoms with Crippen molar-refractivity contribution >= 4 is 51.4 Å². The van der Waals surface area contributed by atoms with Crippen molar-refractivity contribution in [2.24, 2.45) is 0 Å². The van der Waals surface area contributed by atoms with Crippen LogP contribution in [0.15, 0.2) is 52.9 Å². The third-order valence-corrected chi connectivity index (χ3v) is 7.19. The van der Waals surface area contributed by atoms with E-state index < -0.39 is 0 Å². The van der Waals surface area contributed by atoms with Crippen LogP contribution in [0, 0.1) is 0 Å². The van der Waals surface area contributed by atoms with Crippen molar-refractivity contribution in [3.63, 3.8) is 0 Å². The summed E-state index contributed by atoms with van der Waals surface area (Å²) in [5.41, 5.74) is 1.77. The second kappa shape index (κ2) is 11.2. The number of amides is 2. The van der Waals surface area contributed by atoms with Crippen molar-refractivity contribution in [1.82, 2.24) is 15.5 Å². The monoisotopic (exact) mass is 483 g/mol. The third kappa shape index (κ3) is 6.23. The van der Waals surface area contributed by atoms with E-state index in [1.165, 1.54) is 23.1 Å². The Kier molecular flexibility index (Phi) is 7.79. The first-order valence-electron chi connectivity index (χ1n) is 10.7. The van der Waals surface area contributed by atoms with Crippen LogP contribution < -0.4 is 20.7 Å². The molecule has 0 aliphatic heterocycles. The van der Waals surface area contributed by atoms with Gasteiger partial charge in [-0.2, -0.15) is 0 Å². The zero-order chi connectivity index (χ0) is 23.0. The Hall–Kier alpha value is -3.11. The molecule has 1 aromatic heterocycles. The Bertz CT molecular complexity index is 1110. The molecule has 33 heavy (non-hydrogen) atoms. The second-order valence-electron chi connectivity index (χ2n) is 7.54. The van der Waals surface area contributed by atoms with Crippen LogP contribution in [0.3, 0.4) is 0 Å². The molecular weight excluding hydrogens is 458 g/mol. The molecule has 1 aliphatic rings. The number of ether oxygens (including phenoxy) is 1. The molecule has 3 N–H and O–H groups in total. The maximum atomic E-state index is 12.7. The summed E-state index contributed by atoms with van der Waals surface area (Å²) in [7, 11) is 1.61. The van der Waals surface area contributed by atoms with Gasteiger partial charge in [0, 0.05) is 6.04 Å². The van der Waals surface area contributed by atoms with Crippen LogP contribution in [0.1, 0.15) is 36.0 Å². The van der Waals surface area contributed by atoms with Gasteiger partial charge in [0.2, 0.25) is 11.0 Å². The summed E-state index contributed by atoms with van der Waals surface area (Å²) in [4.78, 5) is 25.2. The first kappa shape index (κ1) is 23.1. The predicted octanol–water partition coefficient (Wildman–Crippen LogP) is 4.69. The average Bonchev–Trinajstić information content (AvgIpc) is 3.50. The van der Waals surface area contributed by atoms with Gasteiger partial charge in [-0.15, -0.1) is 10.2 Å². The quantitative estimate of drug-likeness (QED) is 0.379. The molecule has 1 aliphatic carbocycles. The number of nitrogens with one attached hydrogen (secondary N) is 3. The Morgan fingerprint density at radius 1 is 1.06 bits per heavy atom. The Morgan fingerprint density at radius 2 is 1.79 bits per heavy atom. The normalized spacial score (nSPS) is 13.5. The van der Waals surface area contributed by atoms with Crippen molar-refractivity contribution in [2.45, 2.75) is 36.1 Å². The maximum absolute atomic E-state index is 12.7. The first-order chi connectivity index (χ1) is 16.1. The van der Waals surface area contributed by atoms with Crippen molar-refractivity contribution < 1.29 is 14.3 Å². The largest absolute Gasteiger partial charge is 0.495 e. The molecule has 3 aromatic rings. The number of hydrogen-bond donors (Lipinski definition) is 3. The number of hydrogen-bond acceptors (Lipinski definition) is 8. The van der Waals surface area contributed by atoms with E-state index in [2.05, 4.69) is 26.1 Å². The van der Waals surface area contributed by atoms with Crippen molar-refractivity contribution in [3.05, 3.63) is 54.1 Å². The molecular formula is C23H25N5O3S2. The number of carbonyl (C=O) groups is 2. The van der Waals surface area contributed by atoms with Gasteiger partial charge in [-0.25, -0.2) is 0 Å². The highest BCUT2D eigenvalue weighted by molar-refractivity contribution is 8.01. The van der Waals surface area contributed by atoms with Crippen molar-refractivity contribution in [3.8, 4) is 5.75 Å². The number of methoxy groups -OCH3 is 1. The molecule has 1 heterocycles. The number of benzene rings is 2. The third-order valence-electron chi connectivity index (χ3n) is 5.22. The zero-order valence-corrected chi connectivity index (χ0v) is 19.8. The zero-order valence-electron chi connectivity index (χ0n) is 18.2. The summed E-state index contributed by atoms with van der Waals surface area (Å²) in [6, 6.07) is 14.8. The van der Waals surface area contributed by atoms with E-state index in [1.54, 1.807) is 31.4 Å². The molecule has 1 fully saturated rings. The summed E-state index contributed by atoms with van der Waals surface area (Å²) in [6.45, 7) is 0. The van der Waals surface area contributed by atoms with Gasteiger partial charge in [0.05, 0.1) is 29.8 Å². The molecule has 0 radical (unpaired) electrons. The van der Waals surface area contributed by atoms with Crippen molar-refractivity contribution in [2.75, 3.05) is 23.5 Å². The smallest absolute Gasteiger partial charge is 0.253 e. The average molecular weight is 484 g/mol. The van der Waals surface area contributed by atoms with Gasteiger partial charge in [-0.05, 0) is 37.1 Å². The SMILES string of the molecule is COc1ccccc1Nc1nnc(SCC(=O)Nc2ccccc2C(=O)NC2CCCC2)s1. The lowest BCUT2D eigenvalue weighted by atomic mass is 10.1. The molecule has 10 heteroatoms. The molecule has 0 unspecified atom stereocenters. The van der Waals surface area contributed by atoms with Crippen LogP contribution in [0.4, 0.5) is 16.5 Å². The molecule has 2 amide bonds. The number of carbonyl (C=O) groups excluding carboxylic acids is 2. The Labute approximate surface area is 200 Å². The van der Waals surface area contributed by atoms with Gasteiger partial charge in [-0.3, -0.25) is 9.59 Å². The van der Waals surface area contributed by atoms with Gasteiger partial charge < -0.3 is 20.7 Å². The van der Waals surface area contributed by atoms with Crippen molar-refractivity contribution in [1.29, 1.82) is 0 Å². The summed E-state index contributed by atoms with van der Waals surface area (Å²) in [5.74, 6) is 0.496. The molecule has 0 saturated heterocycles. The Morgan fingerprint density at radius 3 is 2.58 bits per heavy atom. The van der Waals surface area contributed by atoms with Gasteiger partial charge in [0.15, 0.2) is 4.34 Å². The first-order valence-corrected chi connectivity index (χ1v) is 12.5. The molecule has 0 spiro atoms. The van der Waals surface area contributed by atoms with E-state index in [9.17, 15) is 9.59 Å². The van der Waals surface area contributed by atoms with E-state index in [4.69, 9.17) is 4.74 Å². The summed E-state index contributed by atoms with van der Waals surface area (Å²) < 4.78 is 5.99. The van der Waals surface area contributed by atoms with Crippen LogP contribution >= 0.6 is 23.1 Å². The standard InChI is InChI=1S/C23H25N5O3S2/c1-31-19-13-7-6-12-18(19)26-22-27-28-23(33-22)32-14-20(29)25-17-11-5-4-10-16(17)21(30)24-15-8-2-3-9-15/h4-7,10-13,15H,2-3,8-9,14H2,1H3,(H,24,30)(H,25,29)(H,26,27). The van der Waals surface area contributed by atoms with Crippen LogP contribution in [-0.4, -0.2) is 40.9 Å². The minimum absolute atomic E-state index is 0.151. The second-order valence-corrected chi connectivity index (χ2v) is 9.74. The molecule has 0 bridgehead atoms. The van der Waals surface area contributed by atoms with Gasteiger partial charge >= 0.3 is 0 Å². The number of thioether (sulfide) groups is 1. The summed E-state index contributed by atoms with van der Waals surface area (Å²) in [6.07, 6.45) is 4.30. The molecule has 0 atom stereocenters. The highest BCUT2D eigenvalue weighted by atomic mass is 32.2. The highest BCUT2D eigenvalue weighted by Gasteiger charge is 2.20. The Balaban J connectivity index is 1.32.